The first kappa shape index (κ1) is 14.2. The van der Waals surface area contributed by atoms with Gasteiger partial charge >= 0.3 is 0 Å². The number of benzene rings is 2. The van der Waals surface area contributed by atoms with Crippen LogP contribution in [0.3, 0.4) is 0 Å². The molecule has 0 spiro atoms. The normalized spacial score (nSPS) is 24.7. The van der Waals surface area contributed by atoms with Crippen LogP contribution in [-0.4, -0.2) is 25.3 Å². The summed E-state index contributed by atoms with van der Waals surface area (Å²) in [4.78, 5) is 0. The van der Waals surface area contributed by atoms with Crippen LogP contribution in [0.5, 0.6) is 23.0 Å². The van der Waals surface area contributed by atoms with E-state index in [1.807, 2.05) is 37.3 Å². The van der Waals surface area contributed by atoms with Gasteiger partial charge in [0.05, 0.1) is 7.11 Å². The summed E-state index contributed by atoms with van der Waals surface area (Å²) in [6, 6.07) is 11.6. The highest BCUT2D eigenvalue weighted by Crippen LogP contribution is 2.48. The summed E-state index contributed by atoms with van der Waals surface area (Å²) >= 11 is 0. The number of hydrogen-bond donors (Lipinski definition) is 1. The lowest BCUT2D eigenvalue weighted by atomic mass is 9.79. The number of methoxy groups -OCH3 is 1. The van der Waals surface area contributed by atoms with Gasteiger partial charge in [-0.3, -0.25) is 0 Å². The molecule has 0 saturated carbocycles. The molecule has 1 N–H and O–H groups in total. The van der Waals surface area contributed by atoms with Gasteiger partial charge in [0.1, 0.15) is 11.5 Å². The zero-order chi connectivity index (χ0) is 16.0. The van der Waals surface area contributed by atoms with Crippen molar-refractivity contribution in [1.29, 1.82) is 0 Å². The third-order valence-electron chi connectivity index (χ3n) is 4.54. The molecule has 0 bridgehead atoms. The second-order valence-electron chi connectivity index (χ2n) is 5.86. The monoisotopic (exact) mass is 314 g/mol. The SMILES string of the molecule is COc1ccc([C@@H]2c3cc4c(cc3O[C@H](O)[C@H]2C)OCO4)cc1. The first-order chi connectivity index (χ1) is 11.2. The molecule has 2 aliphatic rings. The molecule has 0 amide bonds. The molecular formula is C18H18O5. The minimum Gasteiger partial charge on any atom is -0.497 e. The standard InChI is InChI=1S/C18H18O5/c1-10-17(11-3-5-12(20-2)6-4-11)13-7-15-16(22-9-21-15)8-14(13)23-18(10)19/h3-8,10,17-19H,9H2,1-2H3/t10-,17+,18-/m0/s1. The maximum Gasteiger partial charge on any atom is 0.231 e. The molecule has 0 aliphatic carbocycles. The Labute approximate surface area is 134 Å². The molecule has 0 saturated heterocycles. The molecule has 5 heteroatoms. The van der Waals surface area contributed by atoms with Gasteiger partial charge in [-0.2, -0.15) is 0 Å². The van der Waals surface area contributed by atoms with Crippen LogP contribution < -0.4 is 18.9 Å². The van der Waals surface area contributed by atoms with E-state index in [1.54, 1.807) is 13.2 Å². The highest BCUT2D eigenvalue weighted by atomic mass is 16.7. The summed E-state index contributed by atoms with van der Waals surface area (Å²) in [6.07, 6.45) is -0.866. The second-order valence-corrected chi connectivity index (χ2v) is 5.86. The Balaban J connectivity index is 1.82. The van der Waals surface area contributed by atoms with Crippen molar-refractivity contribution in [3.8, 4) is 23.0 Å². The van der Waals surface area contributed by atoms with Crippen LogP contribution in [0.1, 0.15) is 24.0 Å². The summed E-state index contributed by atoms with van der Waals surface area (Å²) < 4.78 is 21.8. The molecule has 0 fully saturated rings. The van der Waals surface area contributed by atoms with Gasteiger partial charge in [-0.05, 0) is 23.8 Å². The fourth-order valence-electron chi connectivity index (χ4n) is 3.26. The fourth-order valence-corrected chi connectivity index (χ4v) is 3.26. The summed E-state index contributed by atoms with van der Waals surface area (Å²) in [7, 11) is 1.64. The van der Waals surface area contributed by atoms with Crippen molar-refractivity contribution in [3.63, 3.8) is 0 Å². The average Bonchev–Trinajstić information content (AvgIpc) is 3.02. The lowest BCUT2D eigenvalue weighted by Gasteiger charge is -2.35. The van der Waals surface area contributed by atoms with Gasteiger partial charge in [0, 0.05) is 23.5 Å². The van der Waals surface area contributed by atoms with Crippen molar-refractivity contribution in [2.24, 2.45) is 5.92 Å². The first-order valence-electron chi connectivity index (χ1n) is 7.59. The van der Waals surface area contributed by atoms with Crippen molar-refractivity contribution in [1.82, 2.24) is 0 Å². The molecule has 2 aliphatic heterocycles. The van der Waals surface area contributed by atoms with E-state index in [4.69, 9.17) is 18.9 Å². The average molecular weight is 314 g/mol. The van der Waals surface area contributed by atoms with Crippen molar-refractivity contribution in [3.05, 3.63) is 47.5 Å². The zero-order valence-electron chi connectivity index (χ0n) is 13.0. The fraction of sp³-hybridized carbons (Fsp3) is 0.333. The molecule has 0 radical (unpaired) electrons. The minimum absolute atomic E-state index is 0.00848. The van der Waals surface area contributed by atoms with Crippen LogP contribution >= 0.6 is 0 Å². The number of rotatable bonds is 2. The Bertz CT molecular complexity index is 725. The van der Waals surface area contributed by atoms with Gasteiger partial charge in [0.2, 0.25) is 13.1 Å². The maximum atomic E-state index is 10.3. The summed E-state index contributed by atoms with van der Waals surface area (Å²) in [5.74, 6) is 2.74. The number of hydrogen-bond acceptors (Lipinski definition) is 5. The summed E-state index contributed by atoms with van der Waals surface area (Å²) in [5.41, 5.74) is 2.10. The second kappa shape index (κ2) is 5.35. The minimum atomic E-state index is -0.866. The van der Waals surface area contributed by atoms with E-state index in [0.717, 1.165) is 22.6 Å². The molecule has 2 heterocycles. The van der Waals surface area contributed by atoms with Crippen molar-refractivity contribution in [2.45, 2.75) is 19.1 Å². The third-order valence-corrected chi connectivity index (χ3v) is 4.54. The Morgan fingerprint density at radius 2 is 1.74 bits per heavy atom. The van der Waals surface area contributed by atoms with Crippen LogP contribution in [0.15, 0.2) is 36.4 Å². The van der Waals surface area contributed by atoms with Gasteiger partial charge in [0.15, 0.2) is 11.5 Å². The van der Waals surface area contributed by atoms with E-state index in [0.29, 0.717) is 11.5 Å². The zero-order valence-corrected chi connectivity index (χ0v) is 13.0. The quantitative estimate of drug-likeness (QED) is 0.923. The number of aliphatic hydroxyl groups is 1. The molecule has 0 aromatic heterocycles. The Kier molecular flexibility index (Phi) is 3.31. The predicted octanol–water partition coefficient (Wildman–Crippen LogP) is 2.90. The van der Waals surface area contributed by atoms with Crippen molar-refractivity contribution >= 4 is 0 Å². The maximum absolute atomic E-state index is 10.3. The van der Waals surface area contributed by atoms with E-state index in [-0.39, 0.29) is 18.6 Å². The van der Waals surface area contributed by atoms with Gasteiger partial charge in [-0.15, -0.1) is 0 Å². The smallest absolute Gasteiger partial charge is 0.231 e. The summed E-state index contributed by atoms with van der Waals surface area (Å²) in [6.45, 7) is 2.19. The Hall–Kier alpha value is -2.40. The summed E-state index contributed by atoms with van der Waals surface area (Å²) in [5, 5.41) is 10.3. The Morgan fingerprint density at radius 1 is 1.04 bits per heavy atom. The molecule has 120 valence electrons. The molecule has 0 unspecified atom stereocenters. The molecular weight excluding hydrogens is 296 g/mol. The van der Waals surface area contributed by atoms with Crippen LogP contribution in [0.4, 0.5) is 0 Å². The Morgan fingerprint density at radius 3 is 2.43 bits per heavy atom. The molecule has 2 aromatic carbocycles. The molecule has 2 aromatic rings. The van der Waals surface area contributed by atoms with E-state index >= 15 is 0 Å². The van der Waals surface area contributed by atoms with Crippen LogP contribution in [0, 0.1) is 5.92 Å². The van der Waals surface area contributed by atoms with Gasteiger partial charge in [-0.1, -0.05) is 19.1 Å². The van der Waals surface area contributed by atoms with Gasteiger partial charge in [-0.25, -0.2) is 0 Å². The van der Waals surface area contributed by atoms with Crippen LogP contribution in [0.2, 0.25) is 0 Å². The largest absolute Gasteiger partial charge is 0.497 e. The van der Waals surface area contributed by atoms with Gasteiger partial charge < -0.3 is 24.1 Å². The van der Waals surface area contributed by atoms with E-state index in [2.05, 4.69) is 0 Å². The molecule has 3 atom stereocenters. The third kappa shape index (κ3) is 2.28. The molecule has 5 nitrogen and oxygen atoms in total. The van der Waals surface area contributed by atoms with Gasteiger partial charge in [0.25, 0.3) is 0 Å². The predicted molar refractivity (Wildman–Crippen MR) is 83.2 cm³/mol. The first-order valence-corrected chi connectivity index (χ1v) is 7.59. The van der Waals surface area contributed by atoms with Crippen LogP contribution in [0.25, 0.3) is 0 Å². The van der Waals surface area contributed by atoms with E-state index in [9.17, 15) is 5.11 Å². The highest BCUT2D eigenvalue weighted by molar-refractivity contribution is 5.56. The van der Waals surface area contributed by atoms with E-state index in [1.165, 1.54) is 0 Å². The van der Waals surface area contributed by atoms with Crippen molar-refractivity contribution in [2.75, 3.05) is 13.9 Å². The number of aliphatic hydroxyl groups excluding tert-OH is 1. The van der Waals surface area contributed by atoms with Crippen molar-refractivity contribution < 1.29 is 24.1 Å². The van der Waals surface area contributed by atoms with Crippen LogP contribution in [-0.2, 0) is 0 Å². The van der Waals surface area contributed by atoms with E-state index < -0.39 is 6.29 Å². The topological polar surface area (TPSA) is 57.2 Å². The lowest BCUT2D eigenvalue weighted by molar-refractivity contribution is -0.0729. The number of ether oxygens (including phenoxy) is 4. The highest BCUT2D eigenvalue weighted by Gasteiger charge is 2.37. The molecule has 4 rings (SSSR count). The number of fused-ring (bicyclic) bond motifs is 2. The lowest BCUT2D eigenvalue weighted by Crippen LogP contribution is -2.34. The molecule has 23 heavy (non-hydrogen) atoms.